The minimum Gasteiger partial charge on any atom is -0.411 e. The van der Waals surface area contributed by atoms with Crippen LogP contribution in [0.5, 0.6) is 0 Å². The van der Waals surface area contributed by atoms with Crippen LogP contribution in [-0.2, 0) is 0 Å². The van der Waals surface area contributed by atoms with Crippen molar-refractivity contribution >= 4 is 5.71 Å². The Bertz CT molecular complexity index is 265. The van der Waals surface area contributed by atoms with Gasteiger partial charge in [-0.25, -0.2) is 0 Å². The Hall–Kier alpha value is -0.790. The summed E-state index contributed by atoms with van der Waals surface area (Å²) in [6.45, 7) is 8.56. The van der Waals surface area contributed by atoms with Crippen LogP contribution in [0.15, 0.2) is 17.3 Å². The molecule has 0 spiro atoms. The fourth-order valence-corrected chi connectivity index (χ4v) is 2.62. The summed E-state index contributed by atoms with van der Waals surface area (Å²) in [5.41, 5.74) is 2.28. The molecule has 0 aromatic heterocycles. The molecule has 2 atom stereocenters. The van der Waals surface area contributed by atoms with Crippen molar-refractivity contribution in [1.29, 1.82) is 0 Å². The highest BCUT2D eigenvalue weighted by Gasteiger charge is 2.53. The van der Waals surface area contributed by atoms with Gasteiger partial charge in [0.05, 0.1) is 5.71 Å². The van der Waals surface area contributed by atoms with Crippen LogP contribution in [0.2, 0.25) is 0 Å². The molecule has 3 aliphatic rings. The van der Waals surface area contributed by atoms with E-state index < -0.39 is 0 Å². The number of fused-ring (bicyclic) bond motifs is 2. The van der Waals surface area contributed by atoms with Gasteiger partial charge in [-0.1, -0.05) is 25.6 Å². The second-order valence-corrected chi connectivity index (χ2v) is 4.58. The van der Waals surface area contributed by atoms with Gasteiger partial charge in [0.1, 0.15) is 0 Å². The molecule has 0 aromatic rings. The zero-order valence-corrected chi connectivity index (χ0v) is 7.67. The van der Waals surface area contributed by atoms with Crippen molar-refractivity contribution in [2.45, 2.75) is 26.7 Å². The number of allylic oxidation sites excluding steroid dienone is 1. The average Bonchev–Trinajstić information content (AvgIpc) is 2.03. The molecule has 0 saturated heterocycles. The third-order valence-electron chi connectivity index (χ3n) is 3.82. The first-order valence-corrected chi connectivity index (χ1v) is 4.47. The van der Waals surface area contributed by atoms with Crippen molar-refractivity contribution in [3.63, 3.8) is 0 Å². The maximum atomic E-state index is 8.70. The van der Waals surface area contributed by atoms with Crippen LogP contribution < -0.4 is 0 Å². The molecule has 3 saturated carbocycles. The van der Waals surface area contributed by atoms with Crippen molar-refractivity contribution in [2.24, 2.45) is 22.4 Å². The maximum Gasteiger partial charge on any atom is 0.0827 e. The number of oxime groups is 1. The SMILES string of the molecule is C=C1/C(=N/O)C[C@@H]2C[C@H]1C2(C)C. The molecule has 0 heterocycles. The van der Waals surface area contributed by atoms with E-state index in [0.717, 1.165) is 17.7 Å². The summed E-state index contributed by atoms with van der Waals surface area (Å²) < 4.78 is 0. The highest BCUT2D eigenvalue weighted by atomic mass is 16.4. The normalized spacial score (nSPS) is 41.2. The van der Waals surface area contributed by atoms with E-state index in [-0.39, 0.29) is 0 Å². The van der Waals surface area contributed by atoms with Gasteiger partial charge in [-0.3, -0.25) is 0 Å². The molecule has 3 rings (SSSR count). The lowest BCUT2D eigenvalue weighted by atomic mass is 9.47. The van der Waals surface area contributed by atoms with E-state index >= 15 is 0 Å². The Morgan fingerprint density at radius 3 is 2.67 bits per heavy atom. The van der Waals surface area contributed by atoms with Crippen LogP contribution in [0.25, 0.3) is 0 Å². The molecule has 0 radical (unpaired) electrons. The Labute approximate surface area is 73.0 Å². The Balaban J connectivity index is 2.28. The topological polar surface area (TPSA) is 32.6 Å². The standard InChI is InChI=1S/C10H15NO/c1-6-8-4-7(10(8,2)3)5-9(6)11-12/h7-8,12H,1,4-5H2,2-3H3/b11-9+/t7-,8+/m0/s1. The lowest BCUT2D eigenvalue weighted by molar-refractivity contribution is 0.000700. The van der Waals surface area contributed by atoms with Gasteiger partial charge >= 0.3 is 0 Å². The Morgan fingerprint density at radius 2 is 2.25 bits per heavy atom. The number of hydrogen-bond acceptors (Lipinski definition) is 2. The molecular weight excluding hydrogens is 150 g/mol. The monoisotopic (exact) mass is 165 g/mol. The number of rotatable bonds is 0. The lowest BCUT2D eigenvalue weighted by Gasteiger charge is -2.57. The largest absolute Gasteiger partial charge is 0.411 e. The van der Waals surface area contributed by atoms with E-state index in [1.54, 1.807) is 0 Å². The van der Waals surface area contributed by atoms with E-state index in [4.69, 9.17) is 5.21 Å². The molecule has 0 aliphatic heterocycles. The smallest absolute Gasteiger partial charge is 0.0827 e. The van der Waals surface area contributed by atoms with Crippen molar-refractivity contribution < 1.29 is 5.21 Å². The van der Waals surface area contributed by atoms with Gasteiger partial charge in [0.15, 0.2) is 0 Å². The molecule has 0 unspecified atom stereocenters. The predicted molar refractivity (Wildman–Crippen MR) is 48.4 cm³/mol. The summed E-state index contributed by atoms with van der Waals surface area (Å²) in [6.07, 6.45) is 2.16. The third-order valence-corrected chi connectivity index (χ3v) is 3.82. The predicted octanol–water partition coefficient (Wildman–Crippen LogP) is 2.44. The Morgan fingerprint density at radius 1 is 1.58 bits per heavy atom. The van der Waals surface area contributed by atoms with Gasteiger partial charge in [-0.2, -0.15) is 0 Å². The molecule has 3 aliphatic carbocycles. The van der Waals surface area contributed by atoms with Crippen LogP contribution in [-0.4, -0.2) is 10.9 Å². The van der Waals surface area contributed by atoms with Gasteiger partial charge in [0.25, 0.3) is 0 Å². The van der Waals surface area contributed by atoms with E-state index in [1.165, 1.54) is 6.42 Å². The first-order valence-electron chi connectivity index (χ1n) is 4.47. The fraction of sp³-hybridized carbons (Fsp3) is 0.700. The maximum absolute atomic E-state index is 8.70. The lowest BCUT2D eigenvalue weighted by Crippen LogP contribution is -2.52. The van der Waals surface area contributed by atoms with Gasteiger partial charge in [-0.05, 0) is 35.7 Å². The second-order valence-electron chi connectivity index (χ2n) is 4.58. The summed E-state index contributed by atoms with van der Waals surface area (Å²) in [5, 5.41) is 12.0. The molecule has 0 amide bonds. The van der Waals surface area contributed by atoms with Crippen molar-refractivity contribution in [3.8, 4) is 0 Å². The highest BCUT2D eigenvalue weighted by Crippen LogP contribution is 2.59. The van der Waals surface area contributed by atoms with E-state index in [2.05, 4.69) is 25.6 Å². The second kappa shape index (κ2) is 2.12. The highest BCUT2D eigenvalue weighted by molar-refractivity contribution is 6.01. The minimum absolute atomic E-state index is 0.394. The van der Waals surface area contributed by atoms with Crippen molar-refractivity contribution in [2.75, 3.05) is 0 Å². The number of hydrogen-bond donors (Lipinski definition) is 1. The summed E-state index contributed by atoms with van der Waals surface area (Å²) in [5.74, 6) is 1.26. The van der Waals surface area contributed by atoms with Crippen molar-refractivity contribution in [3.05, 3.63) is 12.2 Å². The van der Waals surface area contributed by atoms with Crippen LogP contribution >= 0.6 is 0 Å². The van der Waals surface area contributed by atoms with E-state index in [1.807, 2.05) is 0 Å². The summed E-state index contributed by atoms with van der Waals surface area (Å²) in [6, 6.07) is 0. The van der Waals surface area contributed by atoms with E-state index in [9.17, 15) is 0 Å². The first-order chi connectivity index (χ1) is 5.57. The van der Waals surface area contributed by atoms with Gasteiger partial charge < -0.3 is 5.21 Å². The Kier molecular flexibility index (Phi) is 1.39. The molecule has 1 N–H and O–H groups in total. The summed E-state index contributed by atoms with van der Waals surface area (Å²) >= 11 is 0. The molecule has 66 valence electrons. The van der Waals surface area contributed by atoms with Gasteiger partial charge in [0.2, 0.25) is 0 Å². The summed E-state index contributed by atoms with van der Waals surface area (Å²) in [7, 11) is 0. The summed E-state index contributed by atoms with van der Waals surface area (Å²) in [4.78, 5) is 0. The van der Waals surface area contributed by atoms with Crippen LogP contribution in [0.1, 0.15) is 26.7 Å². The zero-order valence-electron chi connectivity index (χ0n) is 7.67. The fourth-order valence-electron chi connectivity index (χ4n) is 2.62. The van der Waals surface area contributed by atoms with Crippen LogP contribution in [0.4, 0.5) is 0 Å². The first kappa shape index (κ1) is 7.84. The average molecular weight is 165 g/mol. The van der Waals surface area contributed by atoms with Crippen molar-refractivity contribution in [1.82, 2.24) is 0 Å². The van der Waals surface area contributed by atoms with E-state index in [0.29, 0.717) is 17.3 Å². The molecule has 2 heteroatoms. The molecule has 0 aromatic carbocycles. The zero-order chi connectivity index (χ0) is 8.93. The van der Waals surface area contributed by atoms with Gasteiger partial charge in [-0.15, -0.1) is 0 Å². The van der Waals surface area contributed by atoms with Crippen LogP contribution in [0.3, 0.4) is 0 Å². The number of nitrogens with zero attached hydrogens (tertiary/aromatic N) is 1. The molecule has 2 bridgehead atoms. The molecule has 3 fully saturated rings. The molecule has 12 heavy (non-hydrogen) atoms. The minimum atomic E-state index is 0.394. The van der Waals surface area contributed by atoms with Gasteiger partial charge in [0, 0.05) is 0 Å². The quantitative estimate of drug-likeness (QED) is 0.434. The third kappa shape index (κ3) is 0.728. The molecule has 2 nitrogen and oxygen atoms in total. The molecular formula is C10H15NO. The van der Waals surface area contributed by atoms with Crippen LogP contribution in [0, 0.1) is 17.3 Å².